The molecule has 0 saturated carbocycles. The van der Waals surface area contributed by atoms with Crippen LogP contribution in [0.15, 0.2) is 24.3 Å². The molecule has 1 aliphatic heterocycles. The van der Waals surface area contributed by atoms with Crippen LogP contribution in [-0.2, 0) is 14.4 Å². The number of likely N-dealkylation sites (tertiary alicyclic amines) is 1. The predicted octanol–water partition coefficient (Wildman–Crippen LogP) is 1.82. The second-order valence-electron chi connectivity index (χ2n) is 7.00. The molecule has 0 bridgehead atoms. The normalized spacial score (nSPS) is 15.5. The van der Waals surface area contributed by atoms with Crippen LogP contribution in [0.3, 0.4) is 0 Å². The molecule has 0 unspecified atom stereocenters. The summed E-state index contributed by atoms with van der Waals surface area (Å²) in [5, 5.41) is 7.91. The Balaban J connectivity index is 1.78. The number of carbonyl (C=O) groups is 3. The Morgan fingerprint density at radius 1 is 1.08 bits per heavy atom. The molecule has 1 aliphatic rings. The van der Waals surface area contributed by atoms with E-state index < -0.39 is 11.8 Å². The molecular formula is C19H28N4O3. The molecule has 0 aromatic heterocycles. The maximum Gasteiger partial charge on any atom is 0.313 e. The van der Waals surface area contributed by atoms with Gasteiger partial charge in [0.2, 0.25) is 5.91 Å². The van der Waals surface area contributed by atoms with Crippen LogP contribution in [0, 0.1) is 5.92 Å². The number of hydrogen-bond donors (Lipinski definition) is 3. The number of hydrogen-bond acceptors (Lipinski definition) is 4. The van der Waals surface area contributed by atoms with E-state index in [-0.39, 0.29) is 5.91 Å². The molecule has 3 amide bonds. The first kappa shape index (κ1) is 19.9. The summed E-state index contributed by atoms with van der Waals surface area (Å²) in [6.07, 6.45) is 2.05. The Labute approximate surface area is 154 Å². The Hall–Kier alpha value is -2.41. The van der Waals surface area contributed by atoms with Crippen molar-refractivity contribution in [1.82, 2.24) is 10.2 Å². The summed E-state index contributed by atoms with van der Waals surface area (Å²) in [6.45, 7) is 8.36. The van der Waals surface area contributed by atoms with Crippen molar-refractivity contribution < 1.29 is 14.4 Å². The van der Waals surface area contributed by atoms with Crippen molar-refractivity contribution >= 4 is 29.1 Å². The van der Waals surface area contributed by atoms with Crippen LogP contribution in [0.2, 0.25) is 0 Å². The lowest BCUT2D eigenvalue weighted by Crippen LogP contribution is -2.43. The Bertz CT molecular complexity index is 652. The zero-order valence-electron chi connectivity index (χ0n) is 15.7. The van der Waals surface area contributed by atoms with E-state index in [4.69, 9.17) is 0 Å². The van der Waals surface area contributed by atoms with Gasteiger partial charge in [-0.3, -0.25) is 14.4 Å². The summed E-state index contributed by atoms with van der Waals surface area (Å²) in [4.78, 5) is 37.6. The SMILES string of the molecule is CC(=O)Nc1cccc(NC(=O)C(=O)NCC2CCN(C(C)C)CC2)c1. The second kappa shape index (κ2) is 9.33. The van der Waals surface area contributed by atoms with Gasteiger partial charge in [-0.05, 0) is 63.9 Å². The first-order valence-corrected chi connectivity index (χ1v) is 9.06. The fraction of sp³-hybridized carbons (Fsp3) is 0.526. The van der Waals surface area contributed by atoms with Gasteiger partial charge in [0.15, 0.2) is 0 Å². The van der Waals surface area contributed by atoms with Crippen LogP contribution in [-0.4, -0.2) is 48.3 Å². The van der Waals surface area contributed by atoms with Gasteiger partial charge in [-0.2, -0.15) is 0 Å². The van der Waals surface area contributed by atoms with E-state index in [0.29, 0.717) is 29.9 Å². The lowest BCUT2D eigenvalue weighted by atomic mass is 9.96. The number of benzene rings is 1. The number of piperidine rings is 1. The predicted molar refractivity (Wildman–Crippen MR) is 102 cm³/mol. The number of nitrogens with zero attached hydrogens (tertiary/aromatic N) is 1. The molecule has 1 fully saturated rings. The highest BCUT2D eigenvalue weighted by Crippen LogP contribution is 2.18. The molecule has 1 heterocycles. The lowest BCUT2D eigenvalue weighted by Gasteiger charge is -2.34. The number of anilines is 2. The summed E-state index contributed by atoms with van der Waals surface area (Å²) in [7, 11) is 0. The molecule has 0 spiro atoms. The van der Waals surface area contributed by atoms with Crippen molar-refractivity contribution in [3.63, 3.8) is 0 Å². The summed E-state index contributed by atoms with van der Waals surface area (Å²) in [5.41, 5.74) is 1.02. The lowest BCUT2D eigenvalue weighted by molar-refractivity contribution is -0.136. The van der Waals surface area contributed by atoms with Crippen molar-refractivity contribution in [3.05, 3.63) is 24.3 Å². The third-order valence-electron chi connectivity index (χ3n) is 4.58. The average Bonchev–Trinajstić information content (AvgIpc) is 2.59. The highest BCUT2D eigenvalue weighted by atomic mass is 16.2. The molecule has 142 valence electrons. The van der Waals surface area contributed by atoms with Crippen molar-refractivity contribution in [2.24, 2.45) is 5.92 Å². The summed E-state index contributed by atoms with van der Waals surface area (Å²) in [5.74, 6) is -1.13. The van der Waals surface area contributed by atoms with E-state index >= 15 is 0 Å². The molecule has 2 rings (SSSR count). The molecule has 7 heteroatoms. The largest absolute Gasteiger partial charge is 0.348 e. The summed E-state index contributed by atoms with van der Waals surface area (Å²) in [6, 6.07) is 7.22. The van der Waals surface area contributed by atoms with Crippen LogP contribution in [0.4, 0.5) is 11.4 Å². The number of carbonyl (C=O) groups excluding carboxylic acids is 3. The van der Waals surface area contributed by atoms with Crippen LogP contribution in [0.25, 0.3) is 0 Å². The van der Waals surface area contributed by atoms with Gasteiger partial charge >= 0.3 is 11.8 Å². The quantitative estimate of drug-likeness (QED) is 0.699. The molecule has 0 aliphatic carbocycles. The molecule has 0 radical (unpaired) electrons. The minimum atomic E-state index is -0.704. The Kier molecular flexibility index (Phi) is 7.15. The third kappa shape index (κ3) is 6.15. The van der Waals surface area contributed by atoms with Gasteiger partial charge in [0.1, 0.15) is 0 Å². The fourth-order valence-electron chi connectivity index (χ4n) is 3.06. The van der Waals surface area contributed by atoms with Crippen LogP contribution < -0.4 is 16.0 Å². The van der Waals surface area contributed by atoms with Gasteiger partial charge in [-0.1, -0.05) is 6.07 Å². The molecule has 1 aromatic carbocycles. The smallest absolute Gasteiger partial charge is 0.313 e. The van der Waals surface area contributed by atoms with Crippen LogP contribution >= 0.6 is 0 Å². The van der Waals surface area contributed by atoms with Gasteiger partial charge in [-0.15, -0.1) is 0 Å². The average molecular weight is 360 g/mol. The van der Waals surface area contributed by atoms with Gasteiger partial charge < -0.3 is 20.9 Å². The van der Waals surface area contributed by atoms with Gasteiger partial charge in [0.05, 0.1) is 0 Å². The van der Waals surface area contributed by atoms with E-state index in [1.54, 1.807) is 24.3 Å². The maximum atomic E-state index is 12.0. The molecule has 3 N–H and O–H groups in total. The third-order valence-corrected chi connectivity index (χ3v) is 4.58. The highest BCUT2D eigenvalue weighted by molar-refractivity contribution is 6.39. The van der Waals surface area contributed by atoms with Gasteiger partial charge in [0, 0.05) is 30.9 Å². The van der Waals surface area contributed by atoms with Gasteiger partial charge in [-0.25, -0.2) is 0 Å². The number of amides is 3. The topological polar surface area (TPSA) is 90.5 Å². The first-order chi connectivity index (χ1) is 12.3. The fourth-order valence-corrected chi connectivity index (χ4v) is 3.06. The zero-order chi connectivity index (χ0) is 19.1. The molecule has 26 heavy (non-hydrogen) atoms. The molecular weight excluding hydrogens is 332 g/mol. The second-order valence-corrected chi connectivity index (χ2v) is 7.00. The molecule has 1 aromatic rings. The van der Waals surface area contributed by atoms with E-state index in [1.807, 2.05) is 0 Å². The first-order valence-electron chi connectivity index (χ1n) is 9.06. The van der Waals surface area contributed by atoms with E-state index in [1.165, 1.54) is 6.92 Å². The number of nitrogens with one attached hydrogen (secondary N) is 3. The zero-order valence-corrected chi connectivity index (χ0v) is 15.7. The van der Waals surface area contributed by atoms with Crippen molar-refractivity contribution in [3.8, 4) is 0 Å². The Morgan fingerprint density at radius 3 is 2.27 bits per heavy atom. The molecule has 1 saturated heterocycles. The van der Waals surface area contributed by atoms with E-state index in [2.05, 4.69) is 34.7 Å². The minimum absolute atomic E-state index is 0.199. The van der Waals surface area contributed by atoms with Crippen molar-refractivity contribution in [2.45, 2.75) is 39.7 Å². The summed E-state index contributed by atoms with van der Waals surface area (Å²) >= 11 is 0. The maximum absolute atomic E-state index is 12.0. The van der Waals surface area contributed by atoms with Crippen molar-refractivity contribution in [1.29, 1.82) is 0 Å². The monoisotopic (exact) mass is 360 g/mol. The minimum Gasteiger partial charge on any atom is -0.348 e. The highest BCUT2D eigenvalue weighted by Gasteiger charge is 2.22. The van der Waals surface area contributed by atoms with Crippen LogP contribution in [0.1, 0.15) is 33.6 Å². The molecule has 7 nitrogen and oxygen atoms in total. The summed E-state index contributed by atoms with van der Waals surface area (Å²) < 4.78 is 0. The van der Waals surface area contributed by atoms with Gasteiger partial charge in [0.25, 0.3) is 0 Å². The number of rotatable bonds is 5. The van der Waals surface area contributed by atoms with E-state index in [9.17, 15) is 14.4 Å². The molecule has 0 atom stereocenters. The standard InChI is InChI=1S/C19H28N4O3/c1-13(2)23-9-7-15(8-10-23)12-20-18(25)19(26)22-17-6-4-5-16(11-17)21-14(3)24/h4-6,11,13,15H,7-10,12H2,1-3H3,(H,20,25)(H,21,24)(H,22,26). The van der Waals surface area contributed by atoms with Crippen LogP contribution in [0.5, 0.6) is 0 Å². The Morgan fingerprint density at radius 2 is 1.69 bits per heavy atom. The van der Waals surface area contributed by atoms with E-state index in [0.717, 1.165) is 25.9 Å². The van der Waals surface area contributed by atoms with Crippen molar-refractivity contribution in [2.75, 3.05) is 30.3 Å².